The third-order valence-electron chi connectivity index (χ3n) is 3.35. The van der Waals surface area contributed by atoms with Crippen molar-refractivity contribution in [3.63, 3.8) is 0 Å². The summed E-state index contributed by atoms with van der Waals surface area (Å²) < 4.78 is 25.0. The second-order valence-electron chi connectivity index (χ2n) is 5.17. The molecule has 0 saturated carbocycles. The summed E-state index contributed by atoms with van der Waals surface area (Å²) in [6, 6.07) is 7.12. The van der Waals surface area contributed by atoms with Crippen LogP contribution in [0.5, 0.6) is 0 Å². The number of rotatable bonds is 5. The van der Waals surface area contributed by atoms with Crippen molar-refractivity contribution < 1.29 is 13.5 Å². The standard InChI is InChI=1S/C13H19ClN2O3S/c1-20(18,19)15-10-6-7-16(8-10)9-13(17)11-4-2-3-5-12(11)14/h2-5,10,13,15,17H,6-9H2,1H3. The molecule has 2 atom stereocenters. The zero-order valence-corrected chi connectivity index (χ0v) is 12.9. The highest BCUT2D eigenvalue weighted by atomic mass is 35.5. The number of sulfonamides is 1. The highest BCUT2D eigenvalue weighted by Crippen LogP contribution is 2.24. The van der Waals surface area contributed by atoms with E-state index in [0.717, 1.165) is 19.2 Å². The molecule has 1 aromatic rings. The molecule has 1 saturated heterocycles. The van der Waals surface area contributed by atoms with Gasteiger partial charge in [-0.05, 0) is 19.0 Å². The predicted molar refractivity (Wildman–Crippen MR) is 79.2 cm³/mol. The molecule has 5 nitrogen and oxygen atoms in total. The Morgan fingerprint density at radius 1 is 1.50 bits per heavy atom. The monoisotopic (exact) mass is 318 g/mol. The van der Waals surface area contributed by atoms with Crippen molar-refractivity contribution in [3.8, 4) is 0 Å². The zero-order chi connectivity index (χ0) is 14.8. The normalized spacial score (nSPS) is 22.1. The Kier molecular flexibility index (Phi) is 5.04. The van der Waals surface area contributed by atoms with Gasteiger partial charge in [0.15, 0.2) is 0 Å². The molecule has 0 spiro atoms. The van der Waals surface area contributed by atoms with Crippen LogP contribution in [0.2, 0.25) is 5.02 Å². The molecule has 0 amide bonds. The lowest BCUT2D eigenvalue weighted by Gasteiger charge is -2.21. The molecule has 112 valence electrons. The summed E-state index contributed by atoms with van der Waals surface area (Å²) in [4.78, 5) is 2.04. The second-order valence-corrected chi connectivity index (χ2v) is 7.36. The van der Waals surface area contributed by atoms with Gasteiger partial charge in [0.1, 0.15) is 0 Å². The van der Waals surface area contributed by atoms with Gasteiger partial charge in [-0.15, -0.1) is 0 Å². The summed E-state index contributed by atoms with van der Waals surface area (Å²) in [6.07, 6.45) is 1.25. The lowest BCUT2D eigenvalue weighted by atomic mass is 10.1. The number of benzene rings is 1. The van der Waals surface area contributed by atoms with Crippen molar-refractivity contribution in [2.45, 2.75) is 18.6 Å². The van der Waals surface area contributed by atoms with Gasteiger partial charge >= 0.3 is 0 Å². The van der Waals surface area contributed by atoms with Crippen LogP contribution in [0.1, 0.15) is 18.1 Å². The molecule has 20 heavy (non-hydrogen) atoms. The summed E-state index contributed by atoms with van der Waals surface area (Å²) in [5.74, 6) is 0. The van der Waals surface area contributed by atoms with Crippen LogP contribution in [-0.4, -0.2) is 50.4 Å². The quantitative estimate of drug-likeness (QED) is 0.849. The largest absolute Gasteiger partial charge is 0.387 e. The van der Waals surface area contributed by atoms with E-state index in [9.17, 15) is 13.5 Å². The first-order valence-electron chi connectivity index (χ1n) is 6.47. The topological polar surface area (TPSA) is 69.6 Å². The third-order valence-corrected chi connectivity index (χ3v) is 4.45. The molecule has 2 N–H and O–H groups in total. The fourth-order valence-corrected chi connectivity index (χ4v) is 3.55. The highest BCUT2D eigenvalue weighted by molar-refractivity contribution is 7.88. The molecule has 2 rings (SSSR count). The molecule has 7 heteroatoms. The number of halogens is 1. The molecule has 2 unspecified atom stereocenters. The van der Waals surface area contributed by atoms with E-state index in [4.69, 9.17) is 11.6 Å². The first kappa shape index (κ1) is 15.7. The van der Waals surface area contributed by atoms with Gasteiger partial charge in [-0.25, -0.2) is 13.1 Å². The Balaban J connectivity index is 1.91. The summed E-state index contributed by atoms with van der Waals surface area (Å²) in [7, 11) is -3.18. The van der Waals surface area contributed by atoms with Gasteiger partial charge in [0.05, 0.1) is 12.4 Å². The van der Waals surface area contributed by atoms with Crippen LogP contribution in [0.25, 0.3) is 0 Å². The first-order valence-corrected chi connectivity index (χ1v) is 8.74. The number of aliphatic hydroxyl groups is 1. The number of hydrogen-bond acceptors (Lipinski definition) is 4. The maximum absolute atomic E-state index is 11.2. The summed E-state index contributed by atoms with van der Waals surface area (Å²) in [5, 5.41) is 10.8. The van der Waals surface area contributed by atoms with Crippen LogP contribution in [0.15, 0.2) is 24.3 Å². The van der Waals surface area contributed by atoms with Crippen molar-refractivity contribution in [2.75, 3.05) is 25.9 Å². The van der Waals surface area contributed by atoms with Gasteiger partial charge in [0.2, 0.25) is 10.0 Å². The summed E-state index contributed by atoms with van der Waals surface area (Å²) in [5.41, 5.74) is 0.702. The lowest BCUT2D eigenvalue weighted by molar-refractivity contribution is 0.125. The molecular weight excluding hydrogens is 300 g/mol. The van der Waals surface area contributed by atoms with E-state index in [0.29, 0.717) is 23.7 Å². The Hall–Kier alpha value is -0.660. The average molecular weight is 319 g/mol. The van der Waals surface area contributed by atoms with E-state index in [2.05, 4.69) is 4.72 Å². The van der Waals surface area contributed by atoms with E-state index in [-0.39, 0.29) is 6.04 Å². The number of aliphatic hydroxyl groups excluding tert-OH is 1. The maximum Gasteiger partial charge on any atom is 0.208 e. The van der Waals surface area contributed by atoms with Crippen LogP contribution in [-0.2, 0) is 10.0 Å². The van der Waals surface area contributed by atoms with Crippen molar-refractivity contribution in [2.24, 2.45) is 0 Å². The van der Waals surface area contributed by atoms with Crippen LogP contribution >= 0.6 is 11.6 Å². The summed E-state index contributed by atoms with van der Waals surface area (Å²) >= 11 is 6.05. The molecule has 1 heterocycles. The van der Waals surface area contributed by atoms with Crippen LogP contribution in [0.4, 0.5) is 0 Å². The zero-order valence-electron chi connectivity index (χ0n) is 11.3. The number of likely N-dealkylation sites (tertiary alicyclic amines) is 1. The minimum absolute atomic E-state index is 0.0801. The number of β-amino-alcohol motifs (C(OH)–C–C–N with tert-alkyl or cyclic N) is 1. The van der Waals surface area contributed by atoms with E-state index in [1.807, 2.05) is 17.0 Å². The van der Waals surface area contributed by atoms with Crippen molar-refractivity contribution in [1.82, 2.24) is 9.62 Å². The molecular formula is C13H19ClN2O3S. The van der Waals surface area contributed by atoms with Gasteiger partial charge in [-0.1, -0.05) is 29.8 Å². The SMILES string of the molecule is CS(=O)(=O)NC1CCN(CC(O)c2ccccc2Cl)C1. The maximum atomic E-state index is 11.2. The highest BCUT2D eigenvalue weighted by Gasteiger charge is 2.26. The molecule has 0 bridgehead atoms. The Bertz CT molecular complexity index is 564. The molecule has 0 radical (unpaired) electrons. The Labute approximate surface area is 124 Å². The van der Waals surface area contributed by atoms with Crippen molar-refractivity contribution >= 4 is 21.6 Å². The predicted octanol–water partition coefficient (Wildman–Crippen LogP) is 0.997. The Morgan fingerprint density at radius 2 is 2.20 bits per heavy atom. The van der Waals surface area contributed by atoms with E-state index in [1.165, 1.54) is 0 Å². The molecule has 1 aliphatic rings. The molecule has 1 fully saturated rings. The number of hydrogen-bond donors (Lipinski definition) is 2. The number of nitrogens with zero attached hydrogens (tertiary/aromatic N) is 1. The van der Waals surface area contributed by atoms with E-state index in [1.54, 1.807) is 12.1 Å². The minimum Gasteiger partial charge on any atom is -0.387 e. The van der Waals surface area contributed by atoms with Gasteiger partial charge in [0, 0.05) is 29.7 Å². The van der Waals surface area contributed by atoms with Gasteiger partial charge in [-0.3, -0.25) is 4.90 Å². The van der Waals surface area contributed by atoms with Crippen LogP contribution < -0.4 is 4.72 Å². The van der Waals surface area contributed by atoms with Crippen LogP contribution in [0.3, 0.4) is 0 Å². The summed E-state index contributed by atoms with van der Waals surface area (Å²) in [6.45, 7) is 1.81. The lowest BCUT2D eigenvalue weighted by Crippen LogP contribution is -2.37. The van der Waals surface area contributed by atoms with E-state index >= 15 is 0 Å². The molecule has 0 aliphatic carbocycles. The fraction of sp³-hybridized carbons (Fsp3) is 0.538. The number of nitrogens with one attached hydrogen (secondary N) is 1. The van der Waals surface area contributed by atoms with Crippen molar-refractivity contribution in [1.29, 1.82) is 0 Å². The minimum atomic E-state index is -3.18. The van der Waals surface area contributed by atoms with Crippen molar-refractivity contribution in [3.05, 3.63) is 34.9 Å². The van der Waals surface area contributed by atoms with Gasteiger partial charge in [0.25, 0.3) is 0 Å². The Morgan fingerprint density at radius 3 is 2.85 bits per heavy atom. The third kappa shape index (κ3) is 4.43. The second kappa shape index (κ2) is 6.41. The van der Waals surface area contributed by atoms with E-state index < -0.39 is 16.1 Å². The molecule has 1 aromatic carbocycles. The van der Waals surface area contributed by atoms with Crippen LogP contribution in [0, 0.1) is 0 Å². The average Bonchev–Trinajstić information content (AvgIpc) is 2.74. The smallest absolute Gasteiger partial charge is 0.208 e. The van der Waals surface area contributed by atoms with Gasteiger partial charge in [-0.2, -0.15) is 0 Å². The fourth-order valence-electron chi connectivity index (χ4n) is 2.49. The molecule has 1 aliphatic heterocycles. The molecule has 0 aromatic heterocycles. The first-order chi connectivity index (χ1) is 9.35. The van der Waals surface area contributed by atoms with Gasteiger partial charge < -0.3 is 5.11 Å².